The zero-order chi connectivity index (χ0) is 49.8. The lowest BCUT2D eigenvalue weighted by molar-refractivity contribution is 0.669. The van der Waals surface area contributed by atoms with E-state index in [1.165, 1.54) is 26.5 Å². The highest BCUT2D eigenvalue weighted by Gasteiger charge is 2.22. The van der Waals surface area contributed by atoms with E-state index < -0.39 is 0 Å². The van der Waals surface area contributed by atoms with Crippen LogP contribution in [0.2, 0.25) is 0 Å². The molecule has 6 nitrogen and oxygen atoms in total. The van der Waals surface area contributed by atoms with Crippen LogP contribution in [0.4, 0.5) is 0 Å². The number of furan rings is 2. The molecule has 5 aromatic heterocycles. The fourth-order valence-corrected chi connectivity index (χ4v) is 12.8. The van der Waals surface area contributed by atoms with Gasteiger partial charge in [0.2, 0.25) is 0 Å². The number of fused-ring (bicyclic) bond motifs is 12. The van der Waals surface area contributed by atoms with Crippen molar-refractivity contribution in [2.75, 3.05) is 0 Å². The summed E-state index contributed by atoms with van der Waals surface area (Å²) in [6, 6.07) is 85.6. The molecule has 16 rings (SSSR count). The van der Waals surface area contributed by atoms with E-state index in [1.807, 2.05) is 24.3 Å². The second-order valence-electron chi connectivity index (χ2n) is 19.4. The third-order valence-corrected chi connectivity index (χ3v) is 16.3. The minimum atomic E-state index is 0.572. The van der Waals surface area contributed by atoms with E-state index >= 15 is 0 Å². The Kier molecular flexibility index (Phi) is 9.40. The Balaban J connectivity index is 0.821. The number of thiophene rings is 1. The Labute approximate surface area is 439 Å². The van der Waals surface area contributed by atoms with Gasteiger partial charge < -0.3 is 13.4 Å². The lowest BCUT2D eigenvalue weighted by Crippen LogP contribution is -2.00. The maximum Gasteiger partial charge on any atom is 0.164 e. The van der Waals surface area contributed by atoms with E-state index in [0.29, 0.717) is 17.5 Å². The number of hydrogen-bond acceptors (Lipinski definition) is 6. The zero-order valence-electron chi connectivity index (χ0n) is 40.6. The summed E-state index contributed by atoms with van der Waals surface area (Å²) in [5.41, 5.74) is 16.3. The highest BCUT2D eigenvalue weighted by molar-refractivity contribution is 7.26. The molecule has 0 atom stereocenters. The quantitative estimate of drug-likeness (QED) is 0.159. The van der Waals surface area contributed by atoms with Crippen molar-refractivity contribution >= 4 is 97.2 Å². The molecule has 0 aliphatic carbocycles. The SMILES string of the molecule is c1ccc(-c2ccc(-c3nc(-c4ccc5c(c4)oc4ccccc45)nc(-c4cccc5sc6c(-c7cccc8c7oc7ccc(-c9ccc%10c(c9)c9ccccc9n%10-c9ccccc9)cc78)cccc6c45)n3)cc2)cc1. The van der Waals surface area contributed by atoms with Gasteiger partial charge in [0, 0.05) is 86.0 Å². The van der Waals surface area contributed by atoms with E-state index in [0.717, 1.165) is 115 Å². The smallest absolute Gasteiger partial charge is 0.164 e. The largest absolute Gasteiger partial charge is 0.456 e. The van der Waals surface area contributed by atoms with Crippen molar-refractivity contribution in [1.82, 2.24) is 19.5 Å². The summed E-state index contributed by atoms with van der Waals surface area (Å²) in [5, 5.41) is 8.99. The van der Waals surface area contributed by atoms with Gasteiger partial charge in [0.25, 0.3) is 0 Å². The average Bonchev–Trinajstić information content (AvgIpc) is 4.31. The minimum Gasteiger partial charge on any atom is -0.456 e. The summed E-state index contributed by atoms with van der Waals surface area (Å²) in [6.45, 7) is 0. The van der Waals surface area contributed by atoms with Crippen LogP contribution in [-0.4, -0.2) is 19.5 Å². The summed E-state index contributed by atoms with van der Waals surface area (Å²) < 4.78 is 17.9. The van der Waals surface area contributed by atoms with Crippen LogP contribution in [-0.2, 0) is 0 Å². The molecule has 0 aliphatic rings. The molecule has 0 bridgehead atoms. The lowest BCUT2D eigenvalue weighted by atomic mass is 9.98. The molecular formula is C69H40N4O2S. The molecule has 0 unspecified atom stereocenters. The van der Waals surface area contributed by atoms with Gasteiger partial charge in [-0.15, -0.1) is 11.3 Å². The summed E-state index contributed by atoms with van der Waals surface area (Å²) in [5.74, 6) is 1.77. The number of benzene rings is 11. The molecule has 0 aliphatic heterocycles. The molecule has 354 valence electrons. The van der Waals surface area contributed by atoms with Gasteiger partial charge in [-0.05, 0) is 89.0 Å². The Bertz CT molecular complexity index is 4990. The first kappa shape index (κ1) is 42.5. The molecular weight excluding hydrogens is 949 g/mol. The van der Waals surface area contributed by atoms with Gasteiger partial charge in [-0.25, -0.2) is 15.0 Å². The average molecular weight is 989 g/mol. The van der Waals surface area contributed by atoms with Gasteiger partial charge in [-0.2, -0.15) is 0 Å². The van der Waals surface area contributed by atoms with E-state index in [2.05, 4.69) is 223 Å². The summed E-state index contributed by atoms with van der Waals surface area (Å²) in [7, 11) is 0. The number of rotatable bonds is 7. The third-order valence-electron chi connectivity index (χ3n) is 15.1. The van der Waals surface area contributed by atoms with Gasteiger partial charge in [-0.1, -0.05) is 176 Å². The topological polar surface area (TPSA) is 69.9 Å². The van der Waals surface area contributed by atoms with Crippen LogP contribution in [0, 0.1) is 0 Å². The maximum atomic E-state index is 6.88. The van der Waals surface area contributed by atoms with Crippen molar-refractivity contribution < 1.29 is 8.83 Å². The molecule has 0 N–H and O–H groups in total. The molecule has 5 heterocycles. The zero-order valence-corrected chi connectivity index (χ0v) is 41.4. The highest BCUT2D eigenvalue weighted by atomic mass is 32.1. The molecule has 0 fully saturated rings. The first-order chi connectivity index (χ1) is 37.6. The van der Waals surface area contributed by atoms with E-state index in [4.69, 9.17) is 23.8 Å². The third kappa shape index (κ3) is 6.69. The maximum absolute atomic E-state index is 6.88. The van der Waals surface area contributed by atoms with Gasteiger partial charge in [0.1, 0.15) is 22.3 Å². The fourth-order valence-electron chi connectivity index (χ4n) is 11.5. The van der Waals surface area contributed by atoms with E-state index in [1.54, 1.807) is 11.3 Å². The van der Waals surface area contributed by atoms with Crippen molar-refractivity contribution in [3.8, 4) is 73.2 Å². The molecule has 16 aromatic rings. The molecule has 76 heavy (non-hydrogen) atoms. The van der Waals surface area contributed by atoms with Gasteiger partial charge in [0.05, 0.1) is 11.0 Å². The lowest BCUT2D eigenvalue weighted by Gasteiger charge is -2.10. The highest BCUT2D eigenvalue weighted by Crippen LogP contribution is 2.47. The Morgan fingerprint density at radius 3 is 1.75 bits per heavy atom. The summed E-state index contributed by atoms with van der Waals surface area (Å²) >= 11 is 1.79. The molecule has 0 saturated carbocycles. The fraction of sp³-hybridized carbons (Fsp3) is 0. The van der Waals surface area contributed by atoms with Crippen molar-refractivity contribution in [1.29, 1.82) is 0 Å². The number of nitrogens with zero attached hydrogens (tertiary/aromatic N) is 4. The van der Waals surface area contributed by atoms with Gasteiger partial charge >= 0.3 is 0 Å². The molecule has 7 heteroatoms. The minimum absolute atomic E-state index is 0.572. The number of para-hydroxylation sites is 4. The van der Waals surface area contributed by atoms with Crippen LogP contribution in [0.3, 0.4) is 0 Å². The Morgan fingerprint density at radius 2 is 0.895 bits per heavy atom. The Morgan fingerprint density at radius 1 is 0.316 bits per heavy atom. The van der Waals surface area contributed by atoms with Crippen LogP contribution >= 0.6 is 11.3 Å². The molecule has 0 saturated heterocycles. The van der Waals surface area contributed by atoms with Crippen molar-refractivity contribution in [3.05, 3.63) is 243 Å². The second kappa shape index (κ2) is 16.8. The van der Waals surface area contributed by atoms with E-state index in [9.17, 15) is 0 Å². The monoisotopic (exact) mass is 988 g/mol. The number of aromatic nitrogens is 4. The van der Waals surface area contributed by atoms with Crippen LogP contribution < -0.4 is 0 Å². The van der Waals surface area contributed by atoms with Crippen molar-refractivity contribution in [3.63, 3.8) is 0 Å². The molecule has 0 spiro atoms. The normalized spacial score (nSPS) is 11.9. The molecule has 0 radical (unpaired) electrons. The van der Waals surface area contributed by atoms with Crippen LogP contribution in [0.25, 0.3) is 159 Å². The van der Waals surface area contributed by atoms with Crippen LogP contribution in [0.1, 0.15) is 0 Å². The predicted molar refractivity (Wildman–Crippen MR) is 314 cm³/mol. The van der Waals surface area contributed by atoms with Gasteiger partial charge in [-0.3, -0.25) is 0 Å². The van der Waals surface area contributed by atoms with Crippen LogP contribution in [0.15, 0.2) is 251 Å². The predicted octanol–water partition coefficient (Wildman–Crippen LogP) is 19.1. The first-order valence-electron chi connectivity index (χ1n) is 25.5. The van der Waals surface area contributed by atoms with Crippen molar-refractivity contribution in [2.24, 2.45) is 0 Å². The Hall–Kier alpha value is -9.95. The summed E-state index contributed by atoms with van der Waals surface area (Å²) in [6.07, 6.45) is 0. The second-order valence-corrected chi connectivity index (χ2v) is 20.5. The van der Waals surface area contributed by atoms with Crippen molar-refractivity contribution in [2.45, 2.75) is 0 Å². The van der Waals surface area contributed by atoms with Gasteiger partial charge in [0.15, 0.2) is 17.5 Å². The number of hydrogen-bond donors (Lipinski definition) is 0. The standard InChI is InChI=1S/C69H40N4O2S/c1-3-14-41(15-4-1)42-28-30-43(31-29-42)67-70-68(46-32-35-50-49-19-8-10-26-60(49)74-62(50)40-46)72-69(71-67)55-24-13-27-63-64(55)54-23-12-22-53(66(54)76-63)51-20-11-21-52-57-39-45(34-37-61(57)75-65(51)52)44-33-36-59-56(38-44)48-18-7-9-25-58(48)73(59)47-16-5-2-6-17-47/h1-40H. The molecule has 11 aromatic carbocycles. The molecule has 0 amide bonds. The van der Waals surface area contributed by atoms with Crippen LogP contribution in [0.5, 0.6) is 0 Å². The first-order valence-corrected chi connectivity index (χ1v) is 26.3. The summed E-state index contributed by atoms with van der Waals surface area (Å²) in [4.78, 5) is 15.8. The van der Waals surface area contributed by atoms with E-state index in [-0.39, 0.29) is 0 Å².